The second-order valence-corrected chi connectivity index (χ2v) is 16.4. The molecule has 1 aliphatic rings. The number of anilines is 3. The van der Waals surface area contributed by atoms with Crippen molar-refractivity contribution in [1.29, 1.82) is 0 Å². The SMILES string of the molecule is CC1(C)c2ccccc2-c2ccc(N(c3ccc(-c4ccc5c(c4)sc4ccccc45)cc3)c3ccc(-c4cc5ccccc5c5ccccc45)cc3)cc21. The molecule has 55 heavy (non-hydrogen) atoms. The Bertz CT molecular complexity index is 3110. The summed E-state index contributed by atoms with van der Waals surface area (Å²) >= 11 is 1.87. The van der Waals surface area contributed by atoms with E-state index in [1.54, 1.807) is 0 Å². The molecule has 10 aromatic rings. The lowest BCUT2D eigenvalue weighted by molar-refractivity contribution is 0.660. The standard InChI is InChI=1S/C53H37NS/c1-53(2)49-17-9-7-15-44(49)45-30-28-40(33-50(45)53)54(38-24-19-34(20-25-38)36-23-29-47-46-16-8-10-18-51(46)55-52(47)32-36)39-26-21-35(22-27-39)48-31-37-11-3-4-12-41(37)42-13-5-6-14-43(42)48/h3-33H,1-2H3. The summed E-state index contributed by atoms with van der Waals surface area (Å²) in [7, 11) is 0. The highest BCUT2D eigenvalue weighted by atomic mass is 32.1. The molecule has 11 rings (SSSR count). The number of hydrogen-bond donors (Lipinski definition) is 0. The van der Waals surface area contributed by atoms with Gasteiger partial charge in [-0.05, 0) is 121 Å². The fraction of sp³-hybridized carbons (Fsp3) is 0.0566. The summed E-state index contributed by atoms with van der Waals surface area (Å²) < 4.78 is 2.66. The maximum Gasteiger partial charge on any atom is 0.0465 e. The van der Waals surface area contributed by atoms with Gasteiger partial charge in [-0.1, -0.05) is 147 Å². The lowest BCUT2D eigenvalue weighted by Gasteiger charge is -2.28. The van der Waals surface area contributed by atoms with Crippen molar-refractivity contribution in [2.75, 3.05) is 4.90 Å². The van der Waals surface area contributed by atoms with E-state index in [9.17, 15) is 0 Å². The second-order valence-electron chi connectivity index (χ2n) is 15.3. The van der Waals surface area contributed by atoms with Crippen LogP contribution in [0.3, 0.4) is 0 Å². The number of nitrogens with zero attached hydrogens (tertiary/aromatic N) is 1. The largest absolute Gasteiger partial charge is 0.310 e. The van der Waals surface area contributed by atoms with Gasteiger partial charge in [-0.3, -0.25) is 0 Å². The van der Waals surface area contributed by atoms with Crippen molar-refractivity contribution in [3.05, 3.63) is 199 Å². The van der Waals surface area contributed by atoms with Crippen molar-refractivity contribution < 1.29 is 0 Å². The van der Waals surface area contributed by atoms with Gasteiger partial charge >= 0.3 is 0 Å². The molecule has 0 radical (unpaired) electrons. The fourth-order valence-corrected chi connectivity index (χ4v) is 10.2. The van der Waals surface area contributed by atoms with Crippen molar-refractivity contribution in [3.8, 4) is 33.4 Å². The predicted molar refractivity (Wildman–Crippen MR) is 237 cm³/mol. The molecule has 0 atom stereocenters. The topological polar surface area (TPSA) is 3.24 Å². The van der Waals surface area contributed by atoms with E-state index < -0.39 is 0 Å². The highest BCUT2D eigenvalue weighted by Crippen LogP contribution is 2.51. The first-order chi connectivity index (χ1) is 27.0. The molecule has 0 N–H and O–H groups in total. The third-order valence-corrected chi connectivity index (χ3v) is 13.0. The first-order valence-corrected chi connectivity index (χ1v) is 19.9. The Morgan fingerprint density at radius 3 is 1.75 bits per heavy atom. The minimum Gasteiger partial charge on any atom is -0.310 e. The Balaban J connectivity index is 1.03. The van der Waals surface area contributed by atoms with Gasteiger partial charge in [0, 0.05) is 42.6 Å². The summed E-state index contributed by atoms with van der Waals surface area (Å²) in [5.74, 6) is 0. The highest BCUT2D eigenvalue weighted by Gasteiger charge is 2.35. The molecule has 1 aromatic heterocycles. The zero-order chi connectivity index (χ0) is 36.7. The summed E-state index contributed by atoms with van der Waals surface area (Å²) in [5.41, 5.74) is 13.7. The molecule has 0 spiro atoms. The van der Waals surface area contributed by atoms with Gasteiger partial charge < -0.3 is 4.90 Å². The van der Waals surface area contributed by atoms with Crippen LogP contribution >= 0.6 is 11.3 Å². The van der Waals surface area contributed by atoms with E-state index in [-0.39, 0.29) is 5.41 Å². The van der Waals surface area contributed by atoms with Gasteiger partial charge in [-0.2, -0.15) is 0 Å². The smallest absolute Gasteiger partial charge is 0.0465 e. The third kappa shape index (κ3) is 5.06. The molecule has 0 fully saturated rings. The van der Waals surface area contributed by atoms with Crippen molar-refractivity contribution in [2.24, 2.45) is 0 Å². The van der Waals surface area contributed by atoms with E-state index in [0.717, 1.165) is 17.1 Å². The predicted octanol–water partition coefficient (Wildman–Crippen LogP) is 15.5. The summed E-state index contributed by atoms with van der Waals surface area (Å²) in [5, 5.41) is 7.77. The molecule has 1 nitrogen and oxygen atoms in total. The van der Waals surface area contributed by atoms with Crippen LogP contribution in [0.4, 0.5) is 17.1 Å². The maximum absolute atomic E-state index is 2.42. The van der Waals surface area contributed by atoms with E-state index in [2.05, 4.69) is 207 Å². The molecular formula is C53H37NS. The monoisotopic (exact) mass is 719 g/mol. The number of hydrogen-bond acceptors (Lipinski definition) is 2. The lowest BCUT2D eigenvalue weighted by Crippen LogP contribution is -2.16. The molecular weight excluding hydrogens is 683 g/mol. The Kier molecular flexibility index (Phi) is 7.14. The Labute approximate surface area is 325 Å². The van der Waals surface area contributed by atoms with Crippen molar-refractivity contribution in [3.63, 3.8) is 0 Å². The van der Waals surface area contributed by atoms with Crippen LogP contribution in [0.15, 0.2) is 188 Å². The molecule has 260 valence electrons. The molecule has 0 bridgehead atoms. The van der Waals surface area contributed by atoms with Crippen LogP contribution in [0, 0.1) is 0 Å². The number of fused-ring (bicyclic) bond motifs is 9. The molecule has 0 amide bonds. The van der Waals surface area contributed by atoms with Gasteiger partial charge in [-0.25, -0.2) is 0 Å². The molecule has 0 saturated carbocycles. The number of benzene rings is 9. The average molecular weight is 720 g/mol. The maximum atomic E-state index is 2.42. The fourth-order valence-electron chi connectivity index (χ4n) is 9.07. The average Bonchev–Trinajstić information content (AvgIpc) is 3.72. The van der Waals surface area contributed by atoms with E-state index in [4.69, 9.17) is 0 Å². The van der Waals surface area contributed by atoms with Crippen LogP contribution in [0.25, 0.3) is 75.1 Å². The number of rotatable bonds is 5. The molecule has 0 aliphatic heterocycles. The van der Waals surface area contributed by atoms with Gasteiger partial charge in [0.05, 0.1) is 0 Å². The van der Waals surface area contributed by atoms with Crippen LogP contribution in [0.5, 0.6) is 0 Å². The molecule has 0 unspecified atom stereocenters. The van der Waals surface area contributed by atoms with E-state index in [1.165, 1.54) is 86.2 Å². The van der Waals surface area contributed by atoms with Crippen LogP contribution in [-0.2, 0) is 5.41 Å². The normalized spacial score (nSPS) is 13.1. The minimum absolute atomic E-state index is 0.0936. The van der Waals surface area contributed by atoms with Crippen molar-refractivity contribution in [2.45, 2.75) is 19.3 Å². The summed E-state index contributed by atoms with van der Waals surface area (Å²) in [6.45, 7) is 4.72. The van der Waals surface area contributed by atoms with Gasteiger partial charge in [0.25, 0.3) is 0 Å². The molecule has 0 saturated heterocycles. The zero-order valence-electron chi connectivity index (χ0n) is 30.8. The first kappa shape index (κ1) is 32.0. The molecule has 1 heterocycles. The molecule has 2 heteroatoms. The highest BCUT2D eigenvalue weighted by molar-refractivity contribution is 7.25. The van der Waals surface area contributed by atoms with Gasteiger partial charge in [-0.15, -0.1) is 11.3 Å². The van der Waals surface area contributed by atoms with Gasteiger partial charge in [0.15, 0.2) is 0 Å². The van der Waals surface area contributed by atoms with Crippen molar-refractivity contribution in [1.82, 2.24) is 0 Å². The summed E-state index contributed by atoms with van der Waals surface area (Å²) in [4.78, 5) is 2.42. The van der Waals surface area contributed by atoms with Gasteiger partial charge in [0.2, 0.25) is 0 Å². The summed E-state index contributed by atoms with van der Waals surface area (Å²) in [6, 6.07) is 69.7. The van der Waals surface area contributed by atoms with Crippen molar-refractivity contribution >= 4 is 70.1 Å². The quantitative estimate of drug-likeness (QED) is 0.160. The van der Waals surface area contributed by atoms with E-state index in [1.807, 2.05) is 11.3 Å². The Morgan fingerprint density at radius 2 is 0.945 bits per heavy atom. The van der Waals surface area contributed by atoms with Gasteiger partial charge in [0.1, 0.15) is 0 Å². The van der Waals surface area contributed by atoms with Crippen LogP contribution < -0.4 is 4.90 Å². The minimum atomic E-state index is -0.0936. The van der Waals surface area contributed by atoms with Crippen LogP contribution in [0.1, 0.15) is 25.0 Å². The first-order valence-electron chi connectivity index (χ1n) is 19.1. The van der Waals surface area contributed by atoms with E-state index >= 15 is 0 Å². The Hall–Kier alpha value is -6.48. The third-order valence-electron chi connectivity index (χ3n) is 11.9. The Morgan fingerprint density at radius 1 is 0.364 bits per heavy atom. The van der Waals surface area contributed by atoms with Crippen LogP contribution in [0.2, 0.25) is 0 Å². The number of thiophene rings is 1. The molecule has 9 aromatic carbocycles. The van der Waals surface area contributed by atoms with Crippen LogP contribution in [-0.4, -0.2) is 0 Å². The lowest BCUT2D eigenvalue weighted by atomic mass is 9.82. The zero-order valence-corrected chi connectivity index (χ0v) is 31.6. The second kappa shape index (κ2) is 12.3. The molecule has 1 aliphatic carbocycles. The summed E-state index contributed by atoms with van der Waals surface area (Å²) in [6.07, 6.45) is 0. The van der Waals surface area contributed by atoms with E-state index in [0.29, 0.717) is 0 Å².